The van der Waals surface area contributed by atoms with E-state index in [0.717, 1.165) is 12.1 Å². The van der Waals surface area contributed by atoms with Crippen molar-refractivity contribution in [3.05, 3.63) is 54.3 Å². The maximum Gasteiger partial charge on any atom is 0.267 e. The van der Waals surface area contributed by atoms with Crippen molar-refractivity contribution < 1.29 is 27.1 Å². The number of para-hydroxylation sites is 2. The van der Waals surface area contributed by atoms with E-state index in [9.17, 15) is 17.6 Å². The fourth-order valence-electron chi connectivity index (χ4n) is 3.25. The zero-order valence-electron chi connectivity index (χ0n) is 15.0. The molecule has 0 N–H and O–H groups in total. The van der Waals surface area contributed by atoms with Crippen molar-refractivity contribution in [2.45, 2.75) is 11.0 Å². The summed E-state index contributed by atoms with van der Waals surface area (Å²) >= 11 is 0. The summed E-state index contributed by atoms with van der Waals surface area (Å²) in [5.41, 5.74) is 0. The number of rotatable bonds is 3. The molecule has 0 spiro atoms. The number of fused-ring (bicyclic) bond motifs is 1. The van der Waals surface area contributed by atoms with Crippen LogP contribution in [0.1, 0.15) is 0 Å². The second-order valence-electron chi connectivity index (χ2n) is 6.55. The molecule has 0 bridgehead atoms. The van der Waals surface area contributed by atoms with E-state index in [4.69, 9.17) is 9.47 Å². The Bertz CT molecular complexity index is 972. The summed E-state index contributed by atoms with van der Waals surface area (Å²) < 4.78 is 51.0. The average Bonchev–Trinajstić information content (AvgIpc) is 2.73. The first-order valence-corrected chi connectivity index (χ1v) is 10.3. The minimum atomic E-state index is -3.72. The standard InChI is InChI=1S/C19H19FN2O5S/c20-14-5-7-15(8-6-14)28(24,25)22-11-9-21(10-12-22)19(23)18-13-26-16-3-1-2-4-17(16)27-18/h1-8,18H,9-13H2/t18-/m1/s1. The lowest BCUT2D eigenvalue weighted by Crippen LogP contribution is -2.55. The first-order chi connectivity index (χ1) is 13.4. The molecular weight excluding hydrogens is 387 g/mol. The van der Waals surface area contributed by atoms with Gasteiger partial charge in [-0.3, -0.25) is 4.79 Å². The number of amides is 1. The summed E-state index contributed by atoms with van der Waals surface area (Å²) in [6.45, 7) is 0.941. The van der Waals surface area contributed by atoms with Gasteiger partial charge in [-0.25, -0.2) is 12.8 Å². The van der Waals surface area contributed by atoms with E-state index in [1.54, 1.807) is 23.1 Å². The summed E-state index contributed by atoms with van der Waals surface area (Å²) in [6.07, 6.45) is -0.754. The van der Waals surface area contributed by atoms with Crippen LogP contribution in [0.25, 0.3) is 0 Å². The van der Waals surface area contributed by atoms with Gasteiger partial charge in [-0.05, 0) is 36.4 Å². The SMILES string of the molecule is O=C([C@H]1COc2ccccc2O1)N1CCN(S(=O)(=O)c2ccc(F)cc2)CC1. The van der Waals surface area contributed by atoms with Crippen molar-refractivity contribution in [2.75, 3.05) is 32.8 Å². The highest BCUT2D eigenvalue weighted by molar-refractivity contribution is 7.89. The number of ether oxygens (including phenoxy) is 2. The minimum absolute atomic E-state index is 0.0364. The molecule has 1 amide bonds. The molecule has 1 saturated heterocycles. The Morgan fingerprint density at radius 1 is 0.964 bits per heavy atom. The summed E-state index contributed by atoms with van der Waals surface area (Å²) in [5.74, 6) is 0.394. The van der Waals surface area contributed by atoms with Crippen LogP contribution in [-0.4, -0.2) is 62.4 Å². The van der Waals surface area contributed by atoms with E-state index >= 15 is 0 Å². The predicted octanol–water partition coefficient (Wildman–Crippen LogP) is 1.50. The molecule has 0 aliphatic carbocycles. The first-order valence-electron chi connectivity index (χ1n) is 8.88. The number of hydrogen-bond donors (Lipinski definition) is 0. The number of piperazine rings is 1. The molecule has 1 fully saturated rings. The molecule has 1 atom stereocenters. The quantitative estimate of drug-likeness (QED) is 0.772. The molecule has 28 heavy (non-hydrogen) atoms. The third kappa shape index (κ3) is 3.55. The summed E-state index contributed by atoms with van der Waals surface area (Å²) in [5, 5.41) is 0. The van der Waals surface area contributed by atoms with Crippen LogP contribution in [0.5, 0.6) is 11.5 Å². The first kappa shape index (κ1) is 18.7. The van der Waals surface area contributed by atoms with Crippen LogP contribution in [0, 0.1) is 5.82 Å². The lowest BCUT2D eigenvalue weighted by atomic mass is 10.2. The van der Waals surface area contributed by atoms with Gasteiger partial charge >= 0.3 is 0 Å². The van der Waals surface area contributed by atoms with Crippen molar-refractivity contribution in [3.63, 3.8) is 0 Å². The number of carbonyl (C=O) groups is 1. The van der Waals surface area contributed by atoms with Gasteiger partial charge in [-0.1, -0.05) is 12.1 Å². The van der Waals surface area contributed by atoms with Crippen LogP contribution in [0.4, 0.5) is 4.39 Å². The van der Waals surface area contributed by atoms with Gasteiger partial charge in [0.2, 0.25) is 16.1 Å². The van der Waals surface area contributed by atoms with Crippen LogP contribution < -0.4 is 9.47 Å². The molecule has 9 heteroatoms. The molecule has 2 aliphatic rings. The molecule has 0 radical (unpaired) electrons. The third-order valence-corrected chi connectivity index (χ3v) is 6.70. The Morgan fingerprint density at radius 3 is 2.29 bits per heavy atom. The van der Waals surface area contributed by atoms with Crippen LogP contribution in [0.3, 0.4) is 0 Å². The van der Waals surface area contributed by atoms with Crippen LogP contribution >= 0.6 is 0 Å². The molecule has 2 aliphatic heterocycles. The molecule has 0 aromatic heterocycles. The number of benzene rings is 2. The highest BCUT2D eigenvalue weighted by Crippen LogP contribution is 2.31. The fraction of sp³-hybridized carbons (Fsp3) is 0.316. The smallest absolute Gasteiger partial charge is 0.267 e. The number of sulfonamides is 1. The monoisotopic (exact) mass is 406 g/mol. The van der Waals surface area contributed by atoms with Crippen molar-refractivity contribution in [3.8, 4) is 11.5 Å². The lowest BCUT2D eigenvalue weighted by molar-refractivity contribution is -0.142. The van der Waals surface area contributed by atoms with Crippen molar-refractivity contribution in [1.82, 2.24) is 9.21 Å². The topological polar surface area (TPSA) is 76.2 Å². The molecular formula is C19H19FN2O5S. The molecule has 148 valence electrons. The average molecular weight is 406 g/mol. The maximum absolute atomic E-state index is 13.1. The third-order valence-electron chi connectivity index (χ3n) is 4.79. The van der Waals surface area contributed by atoms with E-state index in [0.29, 0.717) is 11.5 Å². The Hall–Kier alpha value is -2.65. The van der Waals surface area contributed by atoms with E-state index in [-0.39, 0.29) is 43.6 Å². The van der Waals surface area contributed by atoms with E-state index < -0.39 is 21.9 Å². The largest absolute Gasteiger partial charge is 0.485 e. The summed E-state index contributed by atoms with van der Waals surface area (Å²) in [7, 11) is -3.72. The molecule has 2 heterocycles. The van der Waals surface area contributed by atoms with Crippen molar-refractivity contribution >= 4 is 15.9 Å². The fourth-order valence-corrected chi connectivity index (χ4v) is 4.67. The van der Waals surface area contributed by atoms with Crippen molar-refractivity contribution in [1.29, 1.82) is 0 Å². The highest BCUT2D eigenvalue weighted by atomic mass is 32.2. The summed E-state index contributed by atoms with van der Waals surface area (Å²) in [4.78, 5) is 14.4. The van der Waals surface area contributed by atoms with Gasteiger partial charge in [0.05, 0.1) is 4.90 Å². The molecule has 4 rings (SSSR count). The van der Waals surface area contributed by atoms with Crippen LogP contribution in [-0.2, 0) is 14.8 Å². The van der Waals surface area contributed by atoms with E-state index in [1.807, 2.05) is 6.07 Å². The summed E-state index contributed by atoms with van der Waals surface area (Å²) in [6, 6.07) is 11.9. The Kier molecular flexibility index (Phi) is 4.94. The van der Waals surface area contributed by atoms with Gasteiger partial charge < -0.3 is 14.4 Å². The van der Waals surface area contributed by atoms with Gasteiger partial charge in [-0.15, -0.1) is 0 Å². The van der Waals surface area contributed by atoms with Gasteiger partial charge in [-0.2, -0.15) is 4.31 Å². The highest BCUT2D eigenvalue weighted by Gasteiger charge is 2.35. The molecule has 0 saturated carbocycles. The van der Waals surface area contributed by atoms with Crippen LogP contribution in [0.15, 0.2) is 53.4 Å². The zero-order chi connectivity index (χ0) is 19.7. The molecule has 2 aromatic carbocycles. The Labute approximate surface area is 162 Å². The number of hydrogen-bond acceptors (Lipinski definition) is 5. The van der Waals surface area contributed by atoms with Gasteiger partial charge in [0.1, 0.15) is 12.4 Å². The molecule has 0 unspecified atom stereocenters. The molecule has 7 nitrogen and oxygen atoms in total. The maximum atomic E-state index is 13.1. The van der Waals surface area contributed by atoms with Crippen LogP contribution in [0.2, 0.25) is 0 Å². The molecule has 2 aromatic rings. The number of nitrogens with zero attached hydrogens (tertiary/aromatic N) is 2. The number of carbonyl (C=O) groups excluding carboxylic acids is 1. The minimum Gasteiger partial charge on any atom is -0.485 e. The normalized spacial score (nSPS) is 20.0. The van der Waals surface area contributed by atoms with Gasteiger partial charge in [0.25, 0.3) is 5.91 Å². The second-order valence-corrected chi connectivity index (χ2v) is 8.49. The van der Waals surface area contributed by atoms with Gasteiger partial charge in [0.15, 0.2) is 11.5 Å². The Balaban J connectivity index is 1.39. The Morgan fingerprint density at radius 2 is 1.61 bits per heavy atom. The zero-order valence-corrected chi connectivity index (χ0v) is 15.8. The number of halogens is 1. The second kappa shape index (κ2) is 7.40. The predicted molar refractivity (Wildman–Crippen MR) is 98.1 cm³/mol. The van der Waals surface area contributed by atoms with E-state index in [1.165, 1.54) is 16.4 Å². The van der Waals surface area contributed by atoms with E-state index in [2.05, 4.69) is 0 Å². The lowest BCUT2D eigenvalue weighted by Gasteiger charge is -2.36. The van der Waals surface area contributed by atoms with Crippen molar-refractivity contribution in [2.24, 2.45) is 0 Å². The van der Waals surface area contributed by atoms with Gasteiger partial charge in [0, 0.05) is 26.2 Å².